The van der Waals surface area contributed by atoms with Gasteiger partial charge >= 0.3 is 11.9 Å². The van der Waals surface area contributed by atoms with Crippen molar-refractivity contribution < 1.29 is 28.5 Å². The summed E-state index contributed by atoms with van der Waals surface area (Å²) in [6.07, 6.45) is -0.281. The van der Waals surface area contributed by atoms with E-state index >= 15 is 0 Å². The quantitative estimate of drug-likeness (QED) is 0.712. The number of rotatable bonds is 4. The van der Waals surface area contributed by atoms with Crippen LogP contribution < -0.4 is 0 Å². The highest BCUT2D eigenvalue weighted by Crippen LogP contribution is 2.58. The average Bonchev–Trinajstić information content (AvgIpc) is 2.97. The molecule has 108 valence electrons. The maximum Gasteiger partial charge on any atom is 0.303 e. The standard InChI is InChI=1S/C13H20O6/c1-5-9-6-13(9)11(18-8(3)15)10(17-7(2)14)12(16-4)19-13/h9-12H,5-6H2,1-4H3/t9-,10?,11-,12-,13-/m1/s1. The number of carbonyl (C=O) groups is 2. The Hall–Kier alpha value is -1.14. The first-order chi connectivity index (χ1) is 8.94. The molecule has 1 heterocycles. The minimum absolute atomic E-state index is 0.301. The Morgan fingerprint density at radius 2 is 1.89 bits per heavy atom. The summed E-state index contributed by atoms with van der Waals surface area (Å²) >= 11 is 0. The van der Waals surface area contributed by atoms with Crippen LogP contribution in [0.25, 0.3) is 0 Å². The molecule has 2 rings (SSSR count). The summed E-state index contributed by atoms with van der Waals surface area (Å²) < 4.78 is 21.7. The summed E-state index contributed by atoms with van der Waals surface area (Å²) in [4.78, 5) is 22.5. The van der Waals surface area contributed by atoms with E-state index in [2.05, 4.69) is 6.92 Å². The molecule has 1 aliphatic heterocycles. The Labute approximate surface area is 112 Å². The van der Waals surface area contributed by atoms with Gasteiger partial charge in [-0.2, -0.15) is 0 Å². The average molecular weight is 272 g/mol. The predicted octanol–water partition coefficient (Wildman–Crippen LogP) is 1.02. The SMILES string of the molecule is CC[C@@H]1C[C@@]12O[C@@H](OC)C(OC(C)=O)[C@H]2OC(C)=O. The first-order valence-corrected chi connectivity index (χ1v) is 6.49. The van der Waals surface area contributed by atoms with Gasteiger partial charge in [0.2, 0.25) is 0 Å². The molecular weight excluding hydrogens is 252 g/mol. The van der Waals surface area contributed by atoms with Crippen molar-refractivity contribution in [3.8, 4) is 0 Å². The smallest absolute Gasteiger partial charge is 0.303 e. The number of hydrogen-bond donors (Lipinski definition) is 0. The third kappa shape index (κ3) is 2.47. The van der Waals surface area contributed by atoms with Gasteiger partial charge in [-0.25, -0.2) is 0 Å². The van der Waals surface area contributed by atoms with E-state index in [-0.39, 0.29) is 0 Å². The fourth-order valence-corrected chi connectivity index (χ4v) is 2.92. The number of carbonyl (C=O) groups excluding carboxylic acids is 2. The van der Waals surface area contributed by atoms with Gasteiger partial charge < -0.3 is 18.9 Å². The van der Waals surface area contributed by atoms with Gasteiger partial charge in [0, 0.05) is 21.0 Å². The normalized spacial score (nSPS) is 40.2. The molecule has 1 saturated carbocycles. The van der Waals surface area contributed by atoms with Crippen molar-refractivity contribution >= 4 is 11.9 Å². The van der Waals surface area contributed by atoms with Crippen molar-refractivity contribution in [1.29, 1.82) is 0 Å². The zero-order valence-electron chi connectivity index (χ0n) is 11.7. The number of ether oxygens (including phenoxy) is 4. The lowest BCUT2D eigenvalue weighted by Gasteiger charge is -2.23. The molecular formula is C13H20O6. The van der Waals surface area contributed by atoms with E-state index in [0.29, 0.717) is 5.92 Å². The Morgan fingerprint density at radius 1 is 1.26 bits per heavy atom. The van der Waals surface area contributed by atoms with Gasteiger partial charge in [0.05, 0.1) is 0 Å². The Balaban J connectivity index is 2.22. The number of esters is 2. The van der Waals surface area contributed by atoms with E-state index in [9.17, 15) is 9.59 Å². The van der Waals surface area contributed by atoms with Crippen molar-refractivity contribution in [2.75, 3.05) is 7.11 Å². The molecule has 2 aliphatic rings. The lowest BCUT2D eigenvalue weighted by atomic mass is 10.1. The Kier molecular flexibility index (Phi) is 3.82. The van der Waals surface area contributed by atoms with Crippen LogP contribution in [0.1, 0.15) is 33.6 Å². The molecule has 1 aliphatic carbocycles. The molecule has 6 heteroatoms. The van der Waals surface area contributed by atoms with Gasteiger partial charge in [0.1, 0.15) is 5.60 Å². The van der Waals surface area contributed by atoms with Crippen molar-refractivity contribution in [2.24, 2.45) is 5.92 Å². The molecule has 0 aromatic heterocycles. The maximum absolute atomic E-state index is 11.3. The Morgan fingerprint density at radius 3 is 2.32 bits per heavy atom. The lowest BCUT2D eigenvalue weighted by Crippen LogP contribution is -2.41. The molecule has 0 radical (unpaired) electrons. The molecule has 0 aromatic rings. The van der Waals surface area contributed by atoms with Crippen molar-refractivity contribution in [2.45, 2.75) is 57.7 Å². The zero-order valence-corrected chi connectivity index (χ0v) is 11.7. The van der Waals surface area contributed by atoms with Gasteiger partial charge in [0.25, 0.3) is 0 Å². The van der Waals surface area contributed by atoms with Gasteiger partial charge in [0.15, 0.2) is 18.5 Å². The van der Waals surface area contributed by atoms with Gasteiger partial charge in [-0.3, -0.25) is 9.59 Å². The lowest BCUT2D eigenvalue weighted by molar-refractivity contribution is -0.181. The van der Waals surface area contributed by atoms with Crippen LogP contribution in [0.3, 0.4) is 0 Å². The largest absolute Gasteiger partial charge is 0.455 e. The predicted molar refractivity (Wildman–Crippen MR) is 64.1 cm³/mol. The van der Waals surface area contributed by atoms with Crippen LogP contribution in [0, 0.1) is 5.92 Å². The summed E-state index contributed by atoms with van der Waals surface area (Å²) in [5, 5.41) is 0. The van der Waals surface area contributed by atoms with Crippen LogP contribution in [0.5, 0.6) is 0 Å². The topological polar surface area (TPSA) is 71.1 Å². The minimum Gasteiger partial charge on any atom is -0.455 e. The van der Waals surface area contributed by atoms with E-state index in [4.69, 9.17) is 18.9 Å². The Bertz CT molecular complexity index is 381. The number of hydrogen-bond acceptors (Lipinski definition) is 6. The second-order valence-electron chi connectivity index (χ2n) is 5.09. The van der Waals surface area contributed by atoms with Crippen molar-refractivity contribution in [3.63, 3.8) is 0 Å². The minimum atomic E-state index is -0.706. The molecule has 0 amide bonds. The summed E-state index contributed by atoms with van der Waals surface area (Å²) in [6.45, 7) is 4.70. The van der Waals surface area contributed by atoms with Crippen LogP contribution in [-0.2, 0) is 28.5 Å². The first-order valence-electron chi connectivity index (χ1n) is 6.49. The van der Waals surface area contributed by atoms with Crippen LogP contribution in [0.2, 0.25) is 0 Å². The fraction of sp³-hybridized carbons (Fsp3) is 0.846. The van der Waals surface area contributed by atoms with Crippen LogP contribution in [0.15, 0.2) is 0 Å². The van der Waals surface area contributed by atoms with Crippen LogP contribution in [-0.4, -0.2) is 43.1 Å². The molecule has 1 unspecified atom stereocenters. The van der Waals surface area contributed by atoms with Crippen LogP contribution >= 0.6 is 0 Å². The van der Waals surface area contributed by atoms with E-state index in [1.165, 1.54) is 21.0 Å². The molecule has 0 N–H and O–H groups in total. The molecule has 6 nitrogen and oxygen atoms in total. The van der Waals surface area contributed by atoms with Crippen molar-refractivity contribution in [1.82, 2.24) is 0 Å². The van der Waals surface area contributed by atoms with Gasteiger partial charge in [-0.15, -0.1) is 0 Å². The fourth-order valence-electron chi connectivity index (χ4n) is 2.92. The molecule has 0 bridgehead atoms. The highest BCUT2D eigenvalue weighted by Gasteiger charge is 2.71. The number of methoxy groups -OCH3 is 1. The highest BCUT2D eigenvalue weighted by molar-refractivity contribution is 5.67. The highest BCUT2D eigenvalue weighted by atomic mass is 16.7. The molecule has 1 spiro atoms. The zero-order chi connectivity index (χ0) is 14.2. The van der Waals surface area contributed by atoms with Crippen LogP contribution in [0.4, 0.5) is 0 Å². The first kappa shape index (κ1) is 14.3. The summed E-state index contributed by atoms with van der Waals surface area (Å²) in [6, 6.07) is 0. The second kappa shape index (κ2) is 5.09. The van der Waals surface area contributed by atoms with E-state index in [1.54, 1.807) is 0 Å². The summed E-state index contributed by atoms with van der Waals surface area (Å²) in [7, 11) is 1.48. The second-order valence-corrected chi connectivity index (χ2v) is 5.09. The van der Waals surface area contributed by atoms with Gasteiger partial charge in [-0.1, -0.05) is 13.3 Å². The molecule has 0 aromatic carbocycles. The van der Waals surface area contributed by atoms with E-state index in [1.807, 2.05) is 0 Å². The molecule has 5 atom stereocenters. The molecule has 1 saturated heterocycles. The summed E-state index contributed by atoms with van der Waals surface area (Å²) in [5.74, 6) is -0.558. The summed E-state index contributed by atoms with van der Waals surface area (Å²) in [5.41, 5.74) is -0.554. The molecule has 2 fully saturated rings. The van der Waals surface area contributed by atoms with Gasteiger partial charge in [-0.05, 0) is 12.3 Å². The van der Waals surface area contributed by atoms with E-state index in [0.717, 1.165) is 12.8 Å². The maximum atomic E-state index is 11.3. The van der Waals surface area contributed by atoms with Crippen molar-refractivity contribution in [3.05, 3.63) is 0 Å². The monoisotopic (exact) mass is 272 g/mol. The third-order valence-electron chi connectivity index (χ3n) is 3.80. The van der Waals surface area contributed by atoms with E-state index < -0.39 is 36.0 Å². The third-order valence-corrected chi connectivity index (χ3v) is 3.80. The molecule has 19 heavy (non-hydrogen) atoms.